The molecule has 20 heavy (non-hydrogen) atoms. The van der Waals surface area contributed by atoms with E-state index in [1.807, 2.05) is 0 Å². The van der Waals surface area contributed by atoms with Crippen LogP contribution in [0, 0.1) is 5.41 Å². The number of nitrogens with one attached hydrogen (secondary N) is 2. The molecule has 3 N–H and O–H groups in total. The zero-order valence-electron chi connectivity index (χ0n) is 11.9. The summed E-state index contributed by atoms with van der Waals surface area (Å²) in [5.74, 6) is -0.780. The van der Waals surface area contributed by atoms with Gasteiger partial charge >= 0.3 is 12.0 Å². The Balaban J connectivity index is 1.81. The van der Waals surface area contributed by atoms with E-state index in [2.05, 4.69) is 22.8 Å². The average molecular weight is 280 g/mol. The molecule has 0 aliphatic heterocycles. The first-order valence-electron chi connectivity index (χ1n) is 7.55. The number of carbonyl (C=O) groups is 2. The Morgan fingerprint density at radius 1 is 1.20 bits per heavy atom. The molecule has 0 heterocycles. The lowest BCUT2D eigenvalue weighted by atomic mass is 9.74. The van der Waals surface area contributed by atoms with Crippen molar-refractivity contribution in [3.63, 3.8) is 0 Å². The third kappa shape index (κ3) is 3.74. The van der Waals surface area contributed by atoms with Crippen molar-refractivity contribution in [2.24, 2.45) is 5.41 Å². The van der Waals surface area contributed by atoms with E-state index in [0.717, 1.165) is 38.5 Å². The summed E-state index contributed by atoms with van der Waals surface area (Å²) in [5, 5.41) is 15.1. The molecule has 2 aliphatic carbocycles. The number of allylic oxidation sites excluding steroid dienone is 1. The SMILES string of the molecule is O=C(NCC1(C(=O)O)CCCCC1)NC1CC=CCC1. The Hall–Kier alpha value is -1.52. The molecule has 0 aromatic heterocycles. The minimum Gasteiger partial charge on any atom is -0.481 e. The van der Waals surface area contributed by atoms with Gasteiger partial charge in [-0.1, -0.05) is 31.4 Å². The van der Waals surface area contributed by atoms with Crippen molar-refractivity contribution in [2.45, 2.75) is 57.4 Å². The molecule has 112 valence electrons. The molecular formula is C15H24N2O3. The van der Waals surface area contributed by atoms with Gasteiger partial charge < -0.3 is 15.7 Å². The van der Waals surface area contributed by atoms with E-state index in [0.29, 0.717) is 12.8 Å². The van der Waals surface area contributed by atoms with Gasteiger partial charge in [-0.05, 0) is 32.1 Å². The topological polar surface area (TPSA) is 78.4 Å². The van der Waals surface area contributed by atoms with E-state index in [1.165, 1.54) is 0 Å². The van der Waals surface area contributed by atoms with Gasteiger partial charge in [-0.15, -0.1) is 0 Å². The minimum atomic E-state index is -0.780. The molecule has 1 saturated carbocycles. The van der Waals surface area contributed by atoms with Crippen molar-refractivity contribution in [2.75, 3.05) is 6.54 Å². The van der Waals surface area contributed by atoms with Gasteiger partial charge in [0.25, 0.3) is 0 Å². The van der Waals surface area contributed by atoms with Gasteiger partial charge in [0.1, 0.15) is 0 Å². The van der Waals surface area contributed by atoms with Crippen LogP contribution in [0.25, 0.3) is 0 Å². The van der Waals surface area contributed by atoms with Crippen LogP contribution in [0.4, 0.5) is 4.79 Å². The van der Waals surface area contributed by atoms with Crippen LogP contribution in [0.1, 0.15) is 51.4 Å². The minimum absolute atomic E-state index is 0.173. The molecule has 0 spiro atoms. The van der Waals surface area contributed by atoms with Gasteiger partial charge in [-0.3, -0.25) is 4.79 Å². The monoisotopic (exact) mass is 280 g/mol. The number of urea groups is 1. The molecule has 2 rings (SSSR count). The van der Waals surface area contributed by atoms with Gasteiger partial charge in [-0.2, -0.15) is 0 Å². The van der Waals surface area contributed by atoms with E-state index in [1.54, 1.807) is 0 Å². The predicted molar refractivity (Wildman–Crippen MR) is 76.5 cm³/mol. The van der Waals surface area contributed by atoms with Gasteiger partial charge in [0, 0.05) is 12.6 Å². The summed E-state index contributed by atoms with van der Waals surface area (Å²) in [6.45, 7) is 0.233. The van der Waals surface area contributed by atoms with Gasteiger partial charge in [0.2, 0.25) is 0 Å². The van der Waals surface area contributed by atoms with Crippen LogP contribution in [0.15, 0.2) is 12.2 Å². The molecule has 5 heteroatoms. The lowest BCUT2D eigenvalue weighted by Gasteiger charge is -2.33. The van der Waals surface area contributed by atoms with Crippen LogP contribution < -0.4 is 10.6 Å². The van der Waals surface area contributed by atoms with Crippen LogP contribution in [0.2, 0.25) is 0 Å². The molecule has 0 aromatic rings. The van der Waals surface area contributed by atoms with Crippen molar-refractivity contribution < 1.29 is 14.7 Å². The first-order valence-corrected chi connectivity index (χ1v) is 7.55. The Morgan fingerprint density at radius 2 is 1.95 bits per heavy atom. The standard InChI is InChI=1S/C15H24N2O3/c18-13(19)15(9-5-2-6-10-15)11-16-14(20)17-12-7-3-1-4-8-12/h1,3,12H,2,4-11H2,(H,18,19)(H2,16,17,20). The molecular weight excluding hydrogens is 256 g/mol. The van der Waals surface area contributed by atoms with Crippen LogP contribution in [0.3, 0.4) is 0 Å². The number of amides is 2. The third-order valence-corrected chi connectivity index (χ3v) is 4.46. The molecule has 1 atom stereocenters. The molecule has 2 amide bonds. The van der Waals surface area contributed by atoms with E-state index in [4.69, 9.17) is 0 Å². The normalized spacial score (nSPS) is 24.9. The molecule has 2 aliphatic rings. The number of aliphatic carboxylic acids is 1. The quantitative estimate of drug-likeness (QED) is 0.692. The van der Waals surface area contributed by atoms with Crippen LogP contribution in [0.5, 0.6) is 0 Å². The highest BCUT2D eigenvalue weighted by molar-refractivity contribution is 5.78. The Labute approximate surface area is 119 Å². The molecule has 0 aromatic carbocycles. The summed E-state index contributed by atoms with van der Waals surface area (Å²) in [6, 6.07) is -0.0661. The van der Waals surface area contributed by atoms with Crippen molar-refractivity contribution in [3.8, 4) is 0 Å². The van der Waals surface area contributed by atoms with E-state index < -0.39 is 11.4 Å². The summed E-state index contributed by atoms with van der Waals surface area (Å²) in [4.78, 5) is 23.4. The Bertz CT molecular complexity index is 387. The zero-order chi connectivity index (χ0) is 14.4. The van der Waals surface area contributed by atoms with Gasteiger partial charge in [-0.25, -0.2) is 4.79 Å². The van der Waals surface area contributed by atoms with Gasteiger partial charge in [0.05, 0.1) is 5.41 Å². The molecule has 0 radical (unpaired) electrons. The summed E-state index contributed by atoms with van der Waals surface area (Å²) in [7, 11) is 0. The molecule has 1 unspecified atom stereocenters. The summed E-state index contributed by atoms with van der Waals surface area (Å²) >= 11 is 0. The molecule has 0 saturated heterocycles. The molecule has 1 fully saturated rings. The number of hydrogen-bond donors (Lipinski definition) is 3. The van der Waals surface area contributed by atoms with E-state index >= 15 is 0 Å². The lowest BCUT2D eigenvalue weighted by molar-refractivity contribution is -0.150. The summed E-state index contributed by atoms with van der Waals surface area (Å²) < 4.78 is 0. The van der Waals surface area contributed by atoms with Crippen molar-refractivity contribution >= 4 is 12.0 Å². The maximum atomic E-state index is 11.9. The number of carbonyl (C=O) groups excluding carboxylic acids is 1. The molecule has 5 nitrogen and oxygen atoms in total. The summed E-state index contributed by atoms with van der Waals surface area (Å²) in [6.07, 6.45) is 11.3. The fourth-order valence-electron chi connectivity index (χ4n) is 3.11. The summed E-state index contributed by atoms with van der Waals surface area (Å²) in [5.41, 5.74) is -0.762. The Kier molecular flexibility index (Phi) is 5.04. The second-order valence-electron chi connectivity index (χ2n) is 5.95. The largest absolute Gasteiger partial charge is 0.481 e. The highest BCUT2D eigenvalue weighted by Crippen LogP contribution is 2.35. The Morgan fingerprint density at radius 3 is 2.55 bits per heavy atom. The van der Waals surface area contributed by atoms with Crippen molar-refractivity contribution in [3.05, 3.63) is 12.2 Å². The van der Waals surface area contributed by atoms with Gasteiger partial charge in [0.15, 0.2) is 0 Å². The van der Waals surface area contributed by atoms with Crippen molar-refractivity contribution in [1.29, 1.82) is 0 Å². The van der Waals surface area contributed by atoms with Crippen molar-refractivity contribution in [1.82, 2.24) is 10.6 Å². The average Bonchev–Trinajstić information content (AvgIpc) is 2.47. The lowest BCUT2D eigenvalue weighted by Crippen LogP contribution is -2.49. The number of carboxylic acid groups (broad SMARTS) is 1. The smallest absolute Gasteiger partial charge is 0.315 e. The molecule has 0 bridgehead atoms. The zero-order valence-corrected chi connectivity index (χ0v) is 11.9. The predicted octanol–water partition coefficient (Wildman–Crippen LogP) is 2.43. The highest BCUT2D eigenvalue weighted by Gasteiger charge is 2.39. The second-order valence-corrected chi connectivity index (χ2v) is 5.95. The first-order chi connectivity index (χ1) is 9.62. The number of hydrogen-bond acceptors (Lipinski definition) is 2. The van der Waals surface area contributed by atoms with Crippen LogP contribution in [-0.4, -0.2) is 29.7 Å². The maximum Gasteiger partial charge on any atom is 0.315 e. The second kappa shape index (κ2) is 6.77. The maximum absolute atomic E-state index is 11.9. The fraction of sp³-hybridized carbons (Fsp3) is 0.733. The van der Waals surface area contributed by atoms with E-state index in [-0.39, 0.29) is 18.6 Å². The fourth-order valence-corrected chi connectivity index (χ4v) is 3.11. The van der Waals surface area contributed by atoms with E-state index in [9.17, 15) is 14.7 Å². The number of rotatable bonds is 4. The third-order valence-electron chi connectivity index (χ3n) is 4.46. The first kappa shape index (κ1) is 14.9. The van der Waals surface area contributed by atoms with Crippen LogP contribution in [-0.2, 0) is 4.79 Å². The highest BCUT2D eigenvalue weighted by atomic mass is 16.4. The van der Waals surface area contributed by atoms with Crippen LogP contribution >= 0.6 is 0 Å². The number of carboxylic acids is 1.